The lowest BCUT2D eigenvalue weighted by Crippen LogP contribution is -2.16. The Morgan fingerprint density at radius 2 is 1.92 bits per heavy atom. The highest BCUT2D eigenvalue weighted by molar-refractivity contribution is 14.1. The van der Waals surface area contributed by atoms with Crippen molar-refractivity contribution in [1.29, 1.82) is 0 Å². The van der Waals surface area contributed by atoms with E-state index in [-0.39, 0.29) is 6.04 Å². The van der Waals surface area contributed by atoms with Crippen molar-refractivity contribution in [3.63, 3.8) is 0 Å². The van der Waals surface area contributed by atoms with Gasteiger partial charge >= 0.3 is 0 Å². The molecule has 0 spiro atoms. The third-order valence-corrected chi connectivity index (χ3v) is 2.83. The minimum atomic E-state index is 0.0761. The number of benzene rings is 1. The SMILES string of the molecule is CC(C)C(N)c1cc(Cl)cc(I)c1. The predicted molar refractivity (Wildman–Crippen MR) is 65.9 cm³/mol. The molecule has 0 aliphatic heterocycles. The summed E-state index contributed by atoms with van der Waals surface area (Å²) in [5.41, 5.74) is 7.13. The van der Waals surface area contributed by atoms with Crippen molar-refractivity contribution in [1.82, 2.24) is 0 Å². The molecule has 0 fully saturated rings. The van der Waals surface area contributed by atoms with Crippen LogP contribution in [0.1, 0.15) is 25.5 Å². The Hall–Kier alpha value is 0.200. The Morgan fingerprint density at radius 3 is 2.38 bits per heavy atom. The summed E-state index contributed by atoms with van der Waals surface area (Å²) in [5.74, 6) is 0.439. The van der Waals surface area contributed by atoms with Gasteiger partial charge in [-0.2, -0.15) is 0 Å². The molecule has 72 valence electrons. The molecule has 0 aliphatic rings. The summed E-state index contributed by atoms with van der Waals surface area (Å²) in [6, 6.07) is 6.02. The van der Waals surface area contributed by atoms with Gasteiger partial charge in [0, 0.05) is 14.6 Å². The van der Waals surface area contributed by atoms with E-state index in [0.717, 1.165) is 14.2 Å². The van der Waals surface area contributed by atoms with Crippen LogP contribution in [0.3, 0.4) is 0 Å². The van der Waals surface area contributed by atoms with Crippen LogP contribution in [-0.4, -0.2) is 0 Å². The number of halogens is 2. The number of nitrogens with two attached hydrogens (primary N) is 1. The molecule has 0 heterocycles. The summed E-state index contributed by atoms with van der Waals surface area (Å²) in [5, 5.41) is 0.762. The van der Waals surface area contributed by atoms with Crippen molar-refractivity contribution >= 4 is 34.2 Å². The molecule has 2 N–H and O–H groups in total. The Kier molecular flexibility index (Phi) is 4.01. The monoisotopic (exact) mass is 309 g/mol. The second-order valence-electron chi connectivity index (χ2n) is 3.47. The molecule has 0 aliphatic carbocycles. The van der Waals surface area contributed by atoms with Gasteiger partial charge in [0.05, 0.1) is 0 Å². The fourth-order valence-electron chi connectivity index (χ4n) is 1.15. The van der Waals surface area contributed by atoms with Crippen LogP contribution in [0.2, 0.25) is 5.02 Å². The van der Waals surface area contributed by atoms with Crippen molar-refractivity contribution in [2.75, 3.05) is 0 Å². The summed E-state index contributed by atoms with van der Waals surface area (Å²) in [7, 11) is 0. The normalized spacial score (nSPS) is 13.4. The highest BCUT2D eigenvalue weighted by atomic mass is 127. The van der Waals surface area contributed by atoms with Crippen molar-refractivity contribution in [2.45, 2.75) is 19.9 Å². The predicted octanol–water partition coefficient (Wildman–Crippen LogP) is 3.60. The maximum atomic E-state index is 6.01. The highest BCUT2D eigenvalue weighted by Crippen LogP contribution is 2.24. The molecule has 1 atom stereocenters. The first-order chi connectivity index (χ1) is 6.00. The molecular formula is C10H13ClIN. The van der Waals surface area contributed by atoms with Gasteiger partial charge < -0.3 is 5.73 Å². The van der Waals surface area contributed by atoms with Gasteiger partial charge in [0.25, 0.3) is 0 Å². The van der Waals surface area contributed by atoms with E-state index in [1.165, 1.54) is 0 Å². The van der Waals surface area contributed by atoms with Crippen LogP contribution in [0.5, 0.6) is 0 Å². The molecule has 1 aromatic rings. The third kappa shape index (κ3) is 3.11. The van der Waals surface area contributed by atoms with Crippen LogP contribution >= 0.6 is 34.2 Å². The first kappa shape index (κ1) is 11.3. The number of hydrogen-bond acceptors (Lipinski definition) is 1. The summed E-state index contributed by atoms with van der Waals surface area (Å²) >= 11 is 8.19. The zero-order valence-corrected chi connectivity index (χ0v) is 10.6. The summed E-state index contributed by atoms with van der Waals surface area (Å²) in [6.45, 7) is 4.22. The van der Waals surface area contributed by atoms with Crippen molar-refractivity contribution in [2.24, 2.45) is 11.7 Å². The average Bonchev–Trinajstić information content (AvgIpc) is 2.01. The van der Waals surface area contributed by atoms with Crippen LogP contribution in [0.4, 0.5) is 0 Å². The maximum Gasteiger partial charge on any atom is 0.0419 e. The molecule has 0 radical (unpaired) electrons. The van der Waals surface area contributed by atoms with Gasteiger partial charge in [-0.3, -0.25) is 0 Å². The summed E-state index contributed by atoms with van der Waals surface area (Å²) < 4.78 is 1.14. The summed E-state index contributed by atoms with van der Waals surface area (Å²) in [6.07, 6.45) is 0. The van der Waals surface area contributed by atoms with Gasteiger partial charge in [-0.25, -0.2) is 0 Å². The molecule has 0 bridgehead atoms. The van der Waals surface area contributed by atoms with Crippen LogP contribution in [-0.2, 0) is 0 Å². The van der Waals surface area contributed by atoms with Gasteiger partial charge in [0.15, 0.2) is 0 Å². The lowest BCUT2D eigenvalue weighted by atomic mass is 9.97. The van der Waals surface area contributed by atoms with Gasteiger partial charge in [-0.1, -0.05) is 25.4 Å². The molecule has 1 nitrogen and oxygen atoms in total. The quantitative estimate of drug-likeness (QED) is 0.830. The first-order valence-corrected chi connectivity index (χ1v) is 5.68. The Labute approximate surface area is 97.8 Å². The van der Waals surface area contributed by atoms with E-state index in [2.05, 4.69) is 42.5 Å². The largest absolute Gasteiger partial charge is 0.324 e. The molecule has 1 unspecified atom stereocenters. The minimum absolute atomic E-state index is 0.0761. The first-order valence-electron chi connectivity index (χ1n) is 4.22. The molecule has 1 aromatic carbocycles. The van der Waals surface area contributed by atoms with Crippen LogP contribution in [0, 0.1) is 9.49 Å². The molecule has 0 saturated carbocycles. The zero-order valence-electron chi connectivity index (χ0n) is 7.72. The Bertz CT molecular complexity index is 279. The zero-order chi connectivity index (χ0) is 10.0. The van der Waals surface area contributed by atoms with Gasteiger partial charge in [-0.05, 0) is 52.3 Å². The van der Waals surface area contributed by atoms with E-state index >= 15 is 0 Å². The van der Waals surface area contributed by atoms with Gasteiger partial charge in [0.1, 0.15) is 0 Å². The molecule has 1 rings (SSSR count). The highest BCUT2D eigenvalue weighted by Gasteiger charge is 2.11. The third-order valence-electron chi connectivity index (χ3n) is 1.99. The van der Waals surface area contributed by atoms with Crippen molar-refractivity contribution in [3.05, 3.63) is 32.4 Å². The van der Waals surface area contributed by atoms with Crippen LogP contribution in [0.15, 0.2) is 18.2 Å². The second kappa shape index (κ2) is 4.62. The van der Waals surface area contributed by atoms with Gasteiger partial charge in [-0.15, -0.1) is 0 Å². The Morgan fingerprint density at radius 1 is 1.31 bits per heavy atom. The molecule has 0 saturated heterocycles. The van der Waals surface area contributed by atoms with Gasteiger partial charge in [0.2, 0.25) is 0 Å². The van der Waals surface area contributed by atoms with E-state index in [4.69, 9.17) is 17.3 Å². The Balaban J connectivity index is 3.01. The lowest BCUT2D eigenvalue weighted by molar-refractivity contribution is 0.514. The maximum absolute atomic E-state index is 6.01. The molecular weight excluding hydrogens is 296 g/mol. The van der Waals surface area contributed by atoms with E-state index in [9.17, 15) is 0 Å². The second-order valence-corrected chi connectivity index (χ2v) is 5.15. The fraction of sp³-hybridized carbons (Fsp3) is 0.400. The number of hydrogen-bond donors (Lipinski definition) is 1. The van der Waals surface area contributed by atoms with E-state index in [1.54, 1.807) is 0 Å². The molecule has 3 heteroatoms. The average molecular weight is 310 g/mol. The van der Waals surface area contributed by atoms with Crippen LogP contribution in [0.25, 0.3) is 0 Å². The topological polar surface area (TPSA) is 26.0 Å². The fourth-order valence-corrected chi connectivity index (χ4v) is 2.28. The van der Waals surface area contributed by atoms with E-state index < -0.39 is 0 Å². The lowest BCUT2D eigenvalue weighted by Gasteiger charge is -2.16. The smallest absolute Gasteiger partial charge is 0.0419 e. The minimum Gasteiger partial charge on any atom is -0.324 e. The molecule has 0 aromatic heterocycles. The molecule has 0 amide bonds. The van der Waals surface area contributed by atoms with Crippen LogP contribution < -0.4 is 5.73 Å². The van der Waals surface area contributed by atoms with E-state index in [0.29, 0.717) is 5.92 Å². The van der Waals surface area contributed by atoms with Crippen molar-refractivity contribution in [3.8, 4) is 0 Å². The summed E-state index contributed by atoms with van der Waals surface area (Å²) in [4.78, 5) is 0. The van der Waals surface area contributed by atoms with Crippen molar-refractivity contribution < 1.29 is 0 Å². The number of rotatable bonds is 2. The standard InChI is InChI=1S/C10H13ClIN/c1-6(2)10(13)7-3-8(11)5-9(12)4-7/h3-6,10H,13H2,1-2H3. The molecule has 13 heavy (non-hydrogen) atoms. The van der Waals surface area contributed by atoms with E-state index in [1.807, 2.05) is 12.1 Å².